The molecule has 96 valence electrons. The first kappa shape index (κ1) is 14.4. The number of nitriles is 1. The van der Waals surface area contributed by atoms with Gasteiger partial charge in [-0.3, -0.25) is 0 Å². The Bertz CT molecular complexity index is 407. The molecular formula is C14H18N2O2. The molecule has 18 heavy (non-hydrogen) atoms. The fourth-order valence-electron chi connectivity index (χ4n) is 1.45. The lowest BCUT2D eigenvalue weighted by Gasteiger charge is -2.08. The molecule has 0 heterocycles. The van der Waals surface area contributed by atoms with Crippen molar-refractivity contribution in [2.75, 3.05) is 26.8 Å². The molecular weight excluding hydrogens is 228 g/mol. The number of ether oxygens (including phenoxy) is 1. The number of methoxy groups -OCH3 is 1. The van der Waals surface area contributed by atoms with Crippen LogP contribution in [-0.4, -0.2) is 38.0 Å². The van der Waals surface area contributed by atoms with E-state index in [2.05, 4.69) is 11.4 Å². The second-order valence-corrected chi connectivity index (χ2v) is 3.90. The molecule has 0 aliphatic heterocycles. The molecule has 0 saturated carbocycles. The smallest absolute Gasteiger partial charge is 0.0991 e. The van der Waals surface area contributed by atoms with Gasteiger partial charge >= 0.3 is 0 Å². The van der Waals surface area contributed by atoms with Gasteiger partial charge in [-0.25, -0.2) is 0 Å². The normalized spacial score (nSPS) is 12.5. The van der Waals surface area contributed by atoms with Gasteiger partial charge in [-0.1, -0.05) is 24.3 Å². The summed E-state index contributed by atoms with van der Waals surface area (Å²) in [7, 11) is 1.56. The number of aliphatic hydroxyl groups excluding tert-OH is 1. The van der Waals surface area contributed by atoms with Crippen LogP contribution in [0.3, 0.4) is 0 Å². The molecule has 0 saturated heterocycles. The van der Waals surface area contributed by atoms with Gasteiger partial charge in [0.05, 0.1) is 24.3 Å². The Hall–Kier alpha value is -1.67. The maximum absolute atomic E-state index is 9.38. The SMILES string of the molecule is COCC(O)CNC/C=C/c1ccc(C#N)cc1. The van der Waals surface area contributed by atoms with Gasteiger partial charge in [-0.15, -0.1) is 0 Å². The van der Waals surface area contributed by atoms with E-state index < -0.39 is 6.10 Å². The Balaban J connectivity index is 2.26. The Morgan fingerprint density at radius 1 is 1.44 bits per heavy atom. The van der Waals surface area contributed by atoms with Gasteiger partial charge in [0.1, 0.15) is 0 Å². The van der Waals surface area contributed by atoms with Crippen LogP contribution in [0.4, 0.5) is 0 Å². The number of aliphatic hydroxyl groups is 1. The van der Waals surface area contributed by atoms with E-state index in [1.807, 2.05) is 24.3 Å². The first-order valence-electron chi connectivity index (χ1n) is 5.80. The number of rotatable bonds is 7. The summed E-state index contributed by atoms with van der Waals surface area (Å²) >= 11 is 0. The van der Waals surface area contributed by atoms with E-state index in [1.165, 1.54) is 0 Å². The van der Waals surface area contributed by atoms with Crippen molar-refractivity contribution in [1.82, 2.24) is 5.32 Å². The summed E-state index contributed by atoms with van der Waals surface area (Å²) in [5, 5.41) is 21.1. The number of hydrogen-bond donors (Lipinski definition) is 2. The highest BCUT2D eigenvalue weighted by atomic mass is 16.5. The van der Waals surface area contributed by atoms with Crippen LogP contribution in [0.1, 0.15) is 11.1 Å². The predicted octanol–water partition coefficient (Wildman–Crippen LogP) is 1.17. The van der Waals surface area contributed by atoms with E-state index in [1.54, 1.807) is 19.2 Å². The third kappa shape index (κ3) is 5.60. The minimum atomic E-state index is -0.474. The van der Waals surface area contributed by atoms with Crippen molar-refractivity contribution < 1.29 is 9.84 Å². The van der Waals surface area contributed by atoms with Crippen LogP contribution >= 0.6 is 0 Å². The lowest BCUT2D eigenvalue weighted by atomic mass is 10.1. The molecule has 0 aliphatic rings. The van der Waals surface area contributed by atoms with E-state index in [0.29, 0.717) is 25.3 Å². The van der Waals surface area contributed by atoms with E-state index in [0.717, 1.165) is 5.56 Å². The number of hydrogen-bond acceptors (Lipinski definition) is 4. The number of nitrogens with zero attached hydrogens (tertiary/aromatic N) is 1. The Labute approximate surface area is 108 Å². The van der Waals surface area contributed by atoms with Crippen molar-refractivity contribution in [2.24, 2.45) is 0 Å². The second kappa shape index (κ2) is 8.43. The zero-order chi connectivity index (χ0) is 13.2. The Morgan fingerprint density at radius 3 is 2.78 bits per heavy atom. The van der Waals surface area contributed by atoms with Gasteiger partial charge in [-0.05, 0) is 17.7 Å². The van der Waals surface area contributed by atoms with Crippen molar-refractivity contribution in [3.8, 4) is 6.07 Å². The molecule has 0 aliphatic carbocycles. The van der Waals surface area contributed by atoms with Crippen LogP contribution in [0, 0.1) is 11.3 Å². The van der Waals surface area contributed by atoms with Crippen LogP contribution in [-0.2, 0) is 4.74 Å². The van der Waals surface area contributed by atoms with Crippen LogP contribution in [0.25, 0.3) is 6.08 Å². The quantitative estimate of drug-likeness (QED) is 0.709. The molecule has 4 heteroatoms. The predicted molar refractivity (Wildman–Crippen MR) is 70.9 cm³/mol. The summed E-state index contributed by atoms with van der Waals surface area (Å²) in [5.74, 6) is 0. The molecule has 0 radical (unpaired) electrons. The molecule has 0 aromatic heterocycles. The van der Waals surface area contributed by atoms with Crippen LogP contribution < -0.4 is 5.32 Å². The summed E-state index contributed by atoms with van der Waals surface area (Å²) in [4.78, 5) is 0. The fraction of sp³-hybridized carbons (Fsp3) is 0.357. The first-order valence-corrected chi connectivity index (χ1v) is 5.80. The summed E-state index contributed by atoms with van der Waals surface area (Å²) in [5.41, 5.74) is 1.71. The molecule has 1 atom stereocenters. The largest absolute Gasteiger partial charge is 0.389 e. The van der Waals surface area contributed by atoms with Crippen molar-refractivity contribution in [3.63, 3.8) is 0 Å². The topological polar surface area (TPSA) is 65.3 Å². The standard InChI is InChI=1S/C14H18N2O2/c1-18-11-14(17)10-16-8-2-3-12-4-6-13(9-15)7-5-12/h2-7,14,16-17H,8,10-11H2,1H3/b3-2+. The van der Waals surface area contributed by atoms with Crippen molar-refractivity contribution in [3.05, 3.63) is 41.5 Å². The molecule has 0 spiro atoms. The maximum atomic E-state index is 9.38. The molecule has 1 rings (SSSR count). The number of benzene rings is 1. The highest BCUT2D eigenvalue weighted by Gasteiger charge is 2.00. The molecule has 0 fully saturated rings. The Morgan fingerprint density at radius 2 is 2.17 bits per heavy atom. The highest BCUT2D eigenvalue weighted by molar-refractivity contribution is 5.51. The summed E-state index contributed by atoms with van der Waals surface area (Å²) in [6.07, 6.45) is 3.47. The van der Waals surface area contributed by atoms with E-state index in [4.69, 9.17) is 10.00 Å². The van der Waals surface area contributed by atoms with Crippen molar-refractivity contribution in [1.29, 1.82) is 5.26 Å². The second-order valence-electron chi connectivity index (χ2n) is 3.90. The third-order valence-corrected chi connectivity index (χ3v) is 2.35. The van der Waals surface area contributed by atoms with Gasteiger partial charge < -0.3 is 15.2 Å². The van der Waals surface area contributed by atoms with E-state index in [-0.39, 0.29) is 0 Å². The fourth-order valence-corrected chi connectivity index (χ4v) is 1.45. The molecule has 2 N–H and O–H groups in total. The summed E-state index contributed by atoms with van der Waals surface area (Å²) < 4.78 is 4.82. The van der Waals surface area contributed by atoms with Gasteiger partial charge in [0.2, 0.25) is 0 Å². The zero-order valence-corrected chi connectivity index (χ0v) is 10.5. The van der Waals surface area contributed by atoms with Crippen molar-refractivity contribution in [2.45, 2.75) is 6.10 Å². The van der Waals surface area contributed by atoms with Crippen LogP contribution in [0.2, 0.25) is 0 Å². The lowest BCUT2D eigenvalue weighted by molar-refractivity contribution is 0.0652. The summed E-state index contributed by atoms with van der Waals surface area (Å²) in [6.45, 7) is 1.53. The van der Waals surface area contributed by atoms with E-state index in [9.17, 15) is 5.11 Å². The average Bonchev–Trinajstić information content (AvgIpc) is 2.39. The first-order chi connectivity index (χ1) is 8.76. The average molecular weight is 246 g/mol. The third-order valence-electron chi connectivity index (χ3n) is 2.35. The minimum Gasteiger partial charge on any atom is -0.389 e. The molecule has 0 bridgehead atoms. The molecule has 1 aromatic rings. The highest BCUT2D eigenvalue weighted by Crippen LogP contribution is 2.04. The number of nitrogens with one attached hydrogen (secondary N) is 1. The summed E-state index contributed by atoms with van der Waals surface area (Å²) in [6, 6.07) is 9.45. The van der Waals surface area contributed by atoms with Gasteiger partial charge in [0.15, 0.2) is 0 Å². The monoisotopic (exact) mass is 246 g/mol. The molecule has 0 amide bonds. The Kier molecular flexibility index (Phi) is 6.74. The van der Waals surface area contributed by atoms with Crippen LogP contribution in [0.5, 0.6) is 0 Å². The van der Waals surface area contributed by atoms with Gasteiger partial charge in [-0.2, -0.15) is 5.26 Å². The van der Waals surface area contributed by atoms with Gasteiger partial charge in [0.25, 0.3) is 0 Å². The minimum absolute atomic E-state index is 0.340. The molecule has 1 aromatic carbocycles. The van der Waals surface area contributed by atoms with Gasteiger partial charge in [0, 0.05) is 20.2 Å². The lowest BCUT2D eigenvalue weighted by Crippen LogP contribution is -2.30. The zero-order valence-electron chi connectivity index (χ0n) is 10.5. The molecule has 4 nitrogen and oxygen atoms in total. The van der Waals surface area contributed by atoms with Crippen molar-refractivity contribution >= 4 is 6.08 Å². The van der Waals surface area contributed by atoms with Crippen LogP contribution in [0.15, 0.2) is 30.3 Å². The molecule has 1 unspecified atom stereocenters. The van der Waals surface area contributed by atoms with E-state index >= 15 is 0 Å². The maximum Gasteiger partial charge on any atom is 0.0991 e.